The molecule has 1 spiro atoms. The molecule has 0 radical (unpaired) electrons. The molecule has 5 nitrogen and oxygen atoms in total. The minimum atomic E-state index is -0.934. The van der Waals surface area contributed by atoms with Crippen LogP contribution in [0.15, 0.2) is 12.1 Å². The van der Waals surface area contributed by atoms with E-state index in [2.05, 4.69) is 5.32 Å². The third-order valence-electron chi connectivity index (χ3n) is 6.35. The number of piperidine rings is 1. The Kier molecular flexibility index (Phi) is 2.32. The van der Waals surface area contributed by atoms with Crippen LogP contribution < -0.4 is 10.1 Å². The second-order valence-corrected chi connectivity index (χ2v) is 7.07. The summed E-state index contributed by atoms with van der Waals surface area (Å²) in [5, 5.41) is 24.6. The number of ketones is 1. The lowest BCUT2D eigenvalue weighted by Gasteiger charge is -2.59. The highest BCUT2D eigenvalue weighted by atomic mass is 16.5. The molecule has 3 N–H and O–H groups in total. The van der Waals surface area contributed by atoms with E-state index in [-0.39, 0.29) is 18.4 Å². The summed E-state index contributed by atoms with van der Waals surface area (Å²) < 4.78 is 6.08. The number of carbonyl (C=O) groups is 1. The molecule has 1 aromatic carbocycles. The van der Waals surface area contributed by atoms with Gasteiger partial charge >= 0.3 is 0 Å². The monoisotopic (exact) mass is 301 g/mol. The van der Waals surface area contributed by atoms with Gasteiger partial charge in [-0.15, -0.1) is 0 Å². The van der Waals surface area contributed by atoms with E-state index in [0.29, 0.717) is 25.0 Å². The zero-order chi connectivity index (χ0) is 15.1. The van der Waals surface area contributed by atoms with Crippen molar-refractivity contribution in [3.8, 4) is 5.75 Å². The van der Waals surface area contributed by atoms with Gasteiger partial charge in [-0.1, -0.05) is 12.1 Å². The van der Waals surface area contributed by atoms with Crippen LogP contribution in [0.2, 0.25) is 0 Å². The molecule has 2 aliphatic carbocycles. The first-order valence-corrected chi connectivity index (χ1v) is 8.03. The fourth-order valence-corrected chi connectivity index (χ4v) is 5.42. The van der Waals surface area contributed by atoms with Crippen LogP contribution in [-0.4, -0.2) is 40.3 Å². The minimum absolute atomic E-state index is 0.0288. The highest BCUT2D eigenvalue weighted by molar-refractivity contribution is 5.89. The number of nitrogens with one attached hydrogen (secondary N) is 1. The Morgan fingerprint density at radius 3 is 3.05 bits per heavy atom. The Hall–Kier alpha value is -1.43. The van der Waals surface area contributed by atoms with Gasteiger partial charge in [0.1, 0.15) is 5.75 Å². The van der Waals surface area contributed by atoms with Gasteiger partial charge in [-0.2, -0.15) is 0 Å². The number of hydrogen-bond acceptors (Lipinski definition) is 5. The first-order valence-electron chi connectivity index (χ1n) is 8.03. The van der Waals surface area contributed by atoms with Gasteiger partial charge in [0.15, 0.2) is 11.9 Å². The molecule has 0 aromatic heterocycles. The smallest absolute Gasteiger partial charge is 0.174 e. The highest BCUT2D eigenvalue weighted by Gasteiger charge is 2.71. The number of Topliss-reactive ketones (excluding diaryl/α,β-unsaturated/α-hetero) is 1. The van der Waals surface area contributed by atoms with Crippen molar-refractivity contribution in [3.63, 3.8) is 0 Å². The summed E-state index contributed by atoms with van der Waals surface area (Å²) >= 11 is 0. The number of rotatable bonds is 1. The van der Waals surface area contributed by atoms with Crippen molar-refractivity contribution in [2.45, 2.75) is 55.5 Å². The molecule has 1 saturated carbocycles. The average Bonchev–Trinajstić information content (AvgIpc) is 2.85. The number of carbonyl (C=O) groups excluding carboxylic acids is 1. The summed E-state index contributed by atoms with van der Waals surface area (Å²) in [5.74, 6) is 0.734. The summed E-state index contributed by atoms with van der Waals surface area (Å²) in [7, 11) is 0. The molecule has 22 heavy (non-hydrogen) atoms. The van der Waals surface area contributed by atoms with Crippen molar-refractivity contribution < 1.29 is 19.7 Å². The Morgan fingerprint density at radius 1 is 1.36 bits per heavy atom. The number of ether oxygens (including phenoxy) is 1. The molecule has 5 rings (SSSR count). The molecule has 5 heteroatoms. The van der Waals surface area contributed by atoms with Crippen molar-refractivity contribution in [1.29, 1.82) is 0 Å². The quantitative estimate of drug-likeness (QED) is 0.690. The normalized spacial score (nSPS) is 41.1. The molecule has 2 heterocycles. The fraction of sp³-hybridized carbons (Fsp3) is 0.588. The third kappa shape index (κ3) is 1.18. The third-order valence-corrected chi connectivity index (χ3v) is 6.35. The number of aliphatic hydroxyl groups excluding tert-OH is 1. The standard InChI is InChI=1S/C17H19NO4/c19-8-10-2-1-9-7-12-17(21)4-3-11(20)15-16(17,5-6-18-12)13(9)14(10)22-15/h1-2,12,15,18-19,21H,3-8H2/t12-,15+,16+,17-/m1/s1. The summed E-state index contributed by atoms with van der Waals surface area (Å²) in [5.41, 5.74) is 1.29. The SMILES string of the molecule is O=C1CC[C@@]2(O)[C@H]3Cc4ccc(CO)c5c4[C@@]2(CCN3)[C@H]1O5. The molecule has 1 aromatic rings. The predicted octanol–water partition coefficient (Wildman–Crippen LogP) is 0.190. The van der Waals surface area contributed by atoms with Crippen LogP contribution in [0.4, 0.5) is 0 Å². The molecule has 2 fully saturated rings. The van der Waals surface area contributed by atoms with Crippen LogP contribution >= 0.6 is 0 Å². The van der Waals surface area contributed by atoms with Gasteiger partial charge in [0.25, 0.3) is 0 Å². The molecule has 116 valence electrons. The van der Waals surface area contributed by atoms with E-state index in [9.17, 15) is 15.0 Å². The van der Waals surface area contributed by atoms with E-state index in [1.807, 2.05) is 12.1 Å². The average molecular weight is 301 g/mol. The van der Waals surface area contributed by atoms with Crippen LogP contribution in [-0.2, 0) is 23.2 Å². The maximum atomic E-state index is 12.5. The van der Waals surface area contributed by atoms with Crippen molar-refractivity contribution >= 4 is 5.78 Å². The minimum Gasteiger partial charge on any atom is -0.481 e. The second kappa shape index (κ2) is 3.91. The topological polar surface area (TPSA) is 78.8 Å². The number of aliphatic hydroxyl groups is 2. The molecule has 0 unspecified atom stereocenters. The number of benzene rings is 1. The van der Waals surface area contributed by atoms with Crippen molar-refractivity contribution in [3.05, 3.63) is 28.8 Å². The van der Waals surface area contributed by atoms with Crippen LogP contribution in [0.25, 0.3) is 0 Å². The van der Waals surface area contributed by atoms with E-state index in [1.54, 1.807) is 0 Å². The maximum absolute atomic E-state index is 12.5. The van der Waals surface area contributed by atoms with E-state index in [4.69, 9.17) is 4.74 Å². The van der Waals surface area contributed by atoms with Crippen molar-refractivity contribution in [2.75, 3.05) is 6.54 Å². The molecule has 2 aliphatic heterocycles. The van der Waals surface area contributed by atoms with Gasteiger partial charge in [-0.3, -0.25) is 4.79 Å². The van der Waals surface area contributed by atoms with Gasteiger partial charge in [0.05, 0.1) is 17.6 Å². The van der Waals surface area contributed by atoms with E-state index in [1.165, 1.54) is 0 Å². The van der Waals surface area contributed by atoms with Crippen LogP contribution in [0.1, 0.15) is 36.0 Å². The lowest BCUT2D eigenvalue weighted by atomic mass is 9.49. The van der Waals surface area contributed by atoms with E-state index in [0.717, 1.165) is 29.7 Å². The van der Waals surface area contributed by atoms with E-state index < -0.39 is 17.1 Å². The largest absolute Gasteiger partial charge is 0.481 e. The molecule has 4 atom stereocenters. The Bertz CT molecular complexity index is 702. The Morgan fingerprint density at radius 2 is 2.23 bits per heavy atom. The van der Waals surface area contributed by atoms with Crippen molar-refractivity contribution in [1.82, 2.24) is 5.32 Å². The zero-order valence-electron chi connectivity index (χ0n) is 12.3. The van der Waals surface area contributed by atoms with Gasteiger partial charge in [0.2, 0.25) is 0 Å². The van der Waals surface area contributed by atoms with Gasteiger partial charge in [-0.05, 0) is 31.4 Å². The first-order chi connectivity index (χ1) is 10.6. The summed E-state index contributed by atoms with van der Waals surface area (Å²) in [4.78, 5) is 12.5. The summed E-state index contributed by atoms with van der Waals surface area (Å²) in [6.45, 7) is 0.669. The molecular formula is C17H19NO4. The maximum Gasteiger partial charge on any atom is 0.174 e. The lowest BCUT2D eigenvalue weighted by Crippen LogP contribution is -2.76. The summed E-state index contributed by atoms with van der Waals surface area (Å²) in [6.07, 6.45) is 1.70. The lowest BCUT2D eigenvalue weighted by molar-refractivity contribution is -0.166. The van der Waals surface area contributed by atoms with Gasteiger partial charge < -0.3 is 20.3 Å². The van der Waals surface area contributed by atoms with Crippen LogP contribution in [0.5, 0.6) is 5.75 Å². The first kappa shape index (κ1) is 13.0. The zero-order valence-corrected chi connectivity index (χ0v) is 12.3. The highest BCUT2D eigenvalue weighted by Crippen LogP contribution is 2.62. The second-order valence-electron chi connectivity index (χ2n) is 7.07. The molecular weight excluding hydrogens is 282 g/mol. The van der Waals surface area contributed by atoms with Crippen LogP contribution in [0.3, 0.4) is 0 Å². The van der Waals surface area contributed by atoms with Crippen LogP contribution in [0, 0.1) is 0 Å². The van der Waals surface area contributed by atoms with Gasteiger partial charge in [0, 0.05) is 23.6 Å². The molecule has 0 amide bonds. The predicted molar refractivity (Wildman–Crippen MR) is 77.8 cm³/mol. The summed E-state index contributed by atoms with van der Waals surface area (Å²) in [6, 6.07) is 3.88. The van der Waals surface area contributed by atoms with Gasteiger partial charge in [-0.25, -0.2) is 0 Å². The Balaban J connectivity index is 1.87. The van der Waals surface area contributed by atoms with Crippen molar-refractivity contribution in [2.24, 2.45) is 0 Å². The number of hydrogen-bond donors (Lipinski definition) is 3. The molecule has 2 bridgehead atoms. The Labute approximate surface area is 128 Å². The fourth-order valence-electron chi connectivity index (χ4n) is 5.42. The molecule has 4 aliphatic rings. The molecule has 1 saturated heterocycles. The van der Waals surface area contributed by atoms with E-state index >= 15 is 0 Å².